The number of ether oxygens (including phenoxy) is 2. The zero-order chi connectivity index (χ0) is 54.3. The number of carboxylic acid groups (broad SMARTS) is 1. The van der Waals surface area contributed by atoms with E-state index in [9.17, 15) is 31.9 Å². The van der Waals surface area contributed by atoms with Gasteiger partial charge in [-0.25, -0.2) is 33.7 Å². The highest BCUT2D eigenvalue weighted by molar-refractivity contribution is 5.91. The van der Waals surface area contributed by atoms with Crippen LogP contribution in [0.4, 0.5) is 17.6 Å². The van der Waals surface area contributed by atoms with Crippen LogP contribution in [0.1, 0.15) is 53.3 Å². The number of rotatable bonds is 14. The molecule has 4 aromatic carbocycles. The molecule has 15 nitrogen and oxygen atoms in total. The van der Waals surface area contributed by atoms with Crippen LogP contribution in [-0.4, -0.2) is 80.8 Å². The van der Waals surface area contributed by atoms with Crippen LogP contribution in [0.3, 0.4) is 0 Å². The first-order valence-electron chi connectivity index (χ1n) is 23.6. The molecule has 0 bridgehead atoms. The molecule has 1 N–H and O–H groups in total. The van der Waals surface area contributed by atoms with Gasteiger partial charge < -0.3 is 28.3 Å². The lowest BCUT2D eigenvalue weighted by atomic mass is 10.0. The zero-order valence-corrected chi connectivity index (χ0v) is 41.3. The number of pyridine rings is 3. The van der Waals surface area contributed by atoms with Crippen LogP contribution in [0.15, 0.2) is 196 Å². The zero-order valence-electron chi connectivity index (χ0n) is 41.3. The Morgan fingerprint density at radius 2 is 0.974 bits per heavy atom. The Balaban J connectivity index is 0.000000153. The average molecular weight is 1040 g/mol. The van der Waals surface area contributed by atoms with Crippen molar-refractivity contribution >= 4 is 17.9 Å². The molecule has 0 saturated heterocycles. The SMILES string of the molecule is COC(=O)c1ccnc(-c2cn(CCc3ccccc3F)cn2)c1.COC(=O)c1ccnc(-c2cn(Cc3cccc(-c4ccccc4)c3)cn2)c1.O=C(O)c1ccnc(-c2cn(Cc3cccc(C(F)(F)F)c3)cn2)c1. The number of carbonyl (C=O) groups excluding carboxylic acids is 2. The number of hydrogen-bond donors (Lipinski definition) is 1. The van der Waals surface area contributed by atoms with E-state index in [1.54, 1.807) is 78.3 Å². The van der Waals surface area contributed by atoms with Gasteiger partial charge in [0.1, 0.15) is 22.9 Å². The minimum absolute atomic E-state index is 0.0810. The smallest absolute Gasteiger partial charge is 0.416 e. The Bertz CT molecular complexity index is 3630. The Hall–Kier alpha value is -9.91. The summed E-state index contributed by atoms with van der Waals surface area (Å²) in [5, 5.41) is 9.00. The molecule has 10 aromatic rings. The summed E-state index contributed by atoms with van der Waals surface area (Å²) in [6.07, 6.45) is 10.9. The number of alkyl halides is 3. The van der Waals surface area contributed by atoms with E-state index >= 15 is 0 Å². The summed E-state index contributed by atoms with van der Waals surface area (Å²) in [5.41, 5.74) is 8.36. The van der Waals surface area contributed by atoms with Crippen molar-refractivity contribution in [3.63, 3.8) is 0 Å². The molecule has 0 aliphatic carbocycles. The predicted octanol–water partition coefficient (Wildman–Crippen LogP) is 11.3. The number of halogens is 4. The molecular weight excluding hydrogens is 995 g/mol. The summed E-state index contributed by atoms with van der Waals surface area (Å²) in [6.45, 7) is 1.50. The molecule has 388 valence electrons. The monoisotopic (exact) mass is 1040 g/mol. The molecule has 0 saturated carbocycles. The second kappa shape index (κ2) is 24.9. The van der Waals surface area contributed by atoms with Crippen molar-refractivity contribution in [1.82, 2.24) is 43.6 Å². The number of esters is 2. The average Bonchev–Trinajstić information content (AvgIpc) is 4.26. The van der Waals surface area contributed by atoms with Gasteiger partial charge in [0.15, 0.2) is 0 Å². The number of carboxylic acids is 1. The van der Waals surface area contributed by atoms with E-state index in [-0.39, 0.29) is 23.9 Å². The van der Waals surface area contributed by atoms with Crippen LogP contribution < -0.4 is 0 Å². The topological polar surface area (TPSA) is 182 Å². The third kappa shape index (κ3) is 14.4. The number of hydrogen-bond acceptors (Lipinski definition) is 11. The number of carbonyl (C=O) groups is 3. The highest BCUT2D eigenvalue weighted by Gasteiger charge is 2.30. The fourth-order valence-electron chi connectivity index (χ4n) is 7.81. The summed E-state index contributed by atoms with van der Waals surface area (Å²) in [6, 6.07) is 39.8. The van der Waals surface area contributed by atoms with Gasteiger partial charge in [-0.05, 0) is 94.9 Å². The lowest BCUT2D eigenvalue weighted by molar-refractivity contribution is -0.137. The Labute approximate surface area is 438 Å². The molecule has 6 aromatic heterocycles. The van der Waals surface area contributed by atoms with E-state index in [0.717, 1.165) is 12.1 Å². The molecule has 0 aliphatic rings. The van der Waals surface area contributed by atoms with Gasteiger partial charge in [-0.3, -0.25) is 15.0 Å². The first kappa shape index (κ1) is 53.4. The molecule has 0 fully saturated rings. The number of methoxy groups -OCH3 is 2. The minimum atomic E-state index is -4.39. The third-order valence-corrected chi connectivity index (χ3v) is 11.7. The Morgan fingerprint density at radius 3 is 1.51 bits per heavy atom. The van der Waals surface area contributed by atoms with Gasteiger partial charge in [-0.2, -0.15) is 13.2 Å². The molecule has 0 radical (unpaired) electrons. The fraction of sp³-hybridized carbons (Fsp3) is 0.121. The maximum absolute atomic E-state index is 13.6. The van der Waals surface area contributed by atoms with Crippen LogP contribution in [0.25, 0.3) is 45.3 Å². The summed E-state index contributed by atoms with van der Waals surface area (Å²) < 4.78 is 66.9. The molecule has 19 heteroatoms. The van der Waals surface area contributed by atoms with Gasteiger partial charge in [0.2, 0.25) is 0 Å². The number of aromatic nitrogens is 9. The van der Waals surface area contributed by atoms with E-state index in [1.165, 1.54) is 67.7 Å². The van der Waals surface area contributed by atoms with Gasteiger partial charge in [0.25, 0.3) is 0 Å². The standard InChI is InChI=1S/C23H19N3O2.C18H16FN3O2.C17H12F3N3O2/c1-28-23(27)20-10-11-24-21(13-20)22-15-26(16-25-22)14-17-6-5-9-19(12-17)18-7-3-2-4-8-18;1-24-18(23)14-6-8-20-16(10-14)17-11-22(12-21-17)9-7-13-4-2-3-5-15(13)19;18-17(19,20)13-3-1-2-11(6-13)8-23-9-15(22-10-23)14-7-12(16(24)25)4-5-21-14/h2-13,15-16H,14H2,1H3;2-6,8,10-12H,7,9H2,1H3;1-7,9-10H,8H2,(H,24,25). The summed E-state index contributed by atoms with van der Waals surface area (Å²) in [7, 11) is 2.70. The summed E-state index contributed by atoms with van der Waals surface area (Å²) in [5.74, 6) is -2.09. The van der Waals surface area contributed by atoms with Gasteiger partial charge in [0.05, 0.1) is 72.5 Å². The van der Waals surface area contributed by atoms with Gasteiger partial charge in [-0.15, -0.1) is 0 Å². The number of imidazole rings is 3. The number of benzene rings is 4. The van der Waals surface area contributed by atoms with E-state index in [0.29, 0.717) is 75.9 Å². The second-order valence-corrected chi connectivity index (χ2v) is 17.0. The van der Waals surface area contributed by atoms with E-state index in [2.05, 4.69) is 66.3 Å². The van der Waals surface area contributed by atoms with Crippen molar-refractivity contribution in [2.75, 3.05) is 14.2 Å². The number of aromatic carboxylic acids is 1. The van der Waals surface area contributed by atoms with Crippen LogP contribution >= 0.6 is 0 Å². The lowest BCUT2D eigenvalue weighted by Gasteiger charge is -2.09. The van der Waals surface area contributed by atoms with Gasteiger partial charge >= 0.3 is 24.1 Å². The normalized spacial score (nSPS) is 10.9. The molecule has 6 heterocycles. The quantitative estimate of drug-likeness (QED) is 0.0805. The highest BCUT2D eigenvalue weighted by Crippen LogP contribution is 2.30. The first-order valence-corrected chi connectivity index (χ1v) is 23.6. The Kier molecular flexibility index (Phi) is 17.2. The molecule has 77 heavy (non-hydrogen) atoms. The maximum Gasteiger partial charge on any atom is 0.416 e. The van der Waals surface area contributed by atoms with E-state index in [4.69, 9.17) is 14.6 Å². The molecule has 0 aliphatic heterocycles. The summed E-state index contributed by atoms with van der Waals surface area (Å²) in [4.78, 5) is 59.8. The van der Waals surface area contributed by atoms with Crippen molar-refractivity contribution < 1.29 is 46.5 Å². The maximum atomic E-state index is 13.6. The van der Waals surface area contributed by atoms with Crippen LogP contribution in [0.2, 0.25) is 0 Å². The largest absolute Gasteiger partial charge is 0.478 e. The van der Waals surface area contributed by atoms with Crippen molar-refractivity contribution in [2.45, 2.75) is 32.2 Å². The molecule has 0 unspecified atom stereocenters. The van der Waals surface area contributed by atoms with Crippen molar-refractivity contribution in [3.8, 4) is 45.3 Å². The molecule has 0 amide bonds. The van der Waals surface area contributed by atoms with E-state index < -0.39 is 23.7 Å². The molecule has 10 rings (SSSR count). The van der Waals surface area contributed by atoms with Crippen LogP contribution in [0.5, 0.6) is 0 Å². The van der Waals surface area contributed by atoms with Crippen molar-refractivity contribution in [1.29, 1.82) is 0 Å². The van der Waals surface area contributed by atoms with Crippen LogP contribution in [0, 0.1) is 5.82 Å². The first-order chi connectivity index (χ1) is 37.2. The number of nitrogens with zero attached hydrogens (tertiary/aromatic N) is 9. The number of aryl methyl sites for hydroxylation is 2. The predicted molar refractivity (Wildman–Crippen MR) is 278 cm³/mol. The highest BCUT2D eigenvalue weighted by atomic mass is 19.4. The van der Waals surface area contributed by atoms with Crippen LogP contribution in [-0.2, 0) is 41.7 Å². The molecule has 0 atom stereocenters. The van der Waals surface area contributed by atoms with Gasteiger partial charge in [-0.1, -0.05) is 78.9 Å². The van der Waals surface area contributed by atoms with Crippen molar-refractivity contribution in [3.05, 3.63) is 240 Å². The fourth-order valence-corrected chi connectivity index (χ4v) is 7.81. The summed E-state index contributed by atoms with van der Waals surface area (Å²) >= 11 is 0. The third-order valence-electron chi connectivity index (χ3n) is 11.7. The second-order valence-electron chi connectivity index (χ2n) is 17.0. The molecule has 0 spiro atoms. The van der Waals surface area contributed by atoms with Crippen molar-refractivity contribution in [2.24, 2.45) is 0 Å². The van der Waals surface area contributed by atoms with Gasteiger partial charge in [0, 0.05) is 56.8 Å². The Morgan fingerprint density at radius 1 is 0.506 bits per heavy atom. The molecular formula is C58H47F4N9O6. The van der Waals surface area contributed by atoms with E-state index in [1.807, 2.05) is 45.8 Å². The lowest BCUT2D eigenvalue weighted by Crippen LogP contribution is -2.06. The minimum Gasteiger partial charge on any atom is -0.478 e.